The normalized spacial score (nSPS) is 15.6. The fourth-order valence-corrected chi connectivity index (χ4v) is 6.12. The van der Waals surface area contributed by atoms with Gasteiger partial charge in [-0.3, -0.25) is 9.48 Å². The SMILES string of the molecule is C[C@@H](CCNC(=O)c1cnc(C(C)(C)C)s1)CCC1CCc2cc(-c3ccnc(Nc4cnn(C)c4)n3)ccc21. The molecule has 0 saturated carbocycles. The average molecular weight is 558 g/mol. The van der Waals surface area contributed by atoms with Crippen molar-refractivity contribution in [1.29, 1.82) is 0 Å². The first-order valence-corrected chi connectivity index (χ1v) is 14.9. The van der Waals surface area contributed by atoms with Crippen LogP contribution in [0.15, 0.2) is 49.1 Å². The monoisotopic (exact) mass is 557 g/mol. The fraction of sp³-hybridized carbons (Fsp3) is 0.452. The molecule has 1 unspecified atom stereocenters. The number of carbonyl (C=O) groups excluding carboxylic acids is 1. The Labute approximate surface area is 240 Å². The van der Waals surface area contributed by atoms with Crippen LogP contribution in [0.25, 0.3) is 11.3 Å². The van der Waals surface area contributed by atoms with Crippen LogP contribution in [0, 0.1) is 5.92 Å². The maximum Gasteiger partial charge on any atom is 0.263 e. The molecule has 3 heterocycles. The first-order valence-electron chi connectivity index (χ1n) is 14.1. The van der Waals surface area contributed by atoms with Gasteiger partial charge < -0.3 is 10.6 Å². The molecule has 0 fully saturated rings. The maximum atomic E-state index is 12.5. The van der Waals surface area contributed by atoms with Gasteiger partial charge >= 0.3 is 0 Å². The summed E-state index contributed by atoms with van der Waals surface area (Å²) in [6, 6.07) is 8.75. The molecule has 0 spiro atoms. The number of nitrogens with zero attached hydrogens (tertiary/aromatic N) is 5. The highest BCUT2D eigenvalue weighted by Gasteiger charge is 2.24. The number of anilines is 2. The van der Waals surface area contributed by atoms with Crippen LogP contribution < -0.4 is 10.6 Å². The van der Waals surface area contributed by atoms with E-state index in [1.54, 1.807) is 23.3 Å². The van der Waals surface area contributed by atoms with Crippen LogP contribution >= 0.6 is 11.3 Å². The summed E-state index contributed by atoms with van der Waals surface area (Å²) in [7, 11) is 1.88. The summed E-state index contributed by atoms with van der Waals surface area (Å²) >= 11 is 1.49. The number of fused-ring (bicyclic) bond motifs is 1. The van der Waals surface area contributed by atoms with Crippen molar-refractivity contribution in [3.8, 4) is 11.3 Å². The Bertz CT molecular complexity index is 1470. The first kappa shape index (κ1) is 28.0. The summed E-state index contributed by atoms with van der Waals surface area (Å²) in [6.45, 7) is 9.35. The standard InChI is InChI=1S/C31H39N7OS/c1-20(12-14-32-28(39)27-18-34-29(40-27)31(2,3)4)6-7-21-8-9-22-16-23(10-11-25(21)22)26-13-15-33-30(37-26)36-24-17-35-38(5)19-24/h10-11,13,15-21H,6-9,12,14H2,1-5H3,(H,32,39)(H,33,36,37)/t20-,21?/m1/s1. The van der Waals surface area contributed by atoms with E-state index in [0.717, 1.165) is 41.2 Å². The zero-order chi connectivity index (χ0) is 28.3. The van der Waals surface area contributed by atoms with Crippen molar-refractivity contribution in [2.45, 2.75) is 71.1 Å². The lowest BCUT2D eigenvalue weighted by Crippen LogP contribution is -2.24. The molecule has 3 aromatic heterocycles. The van der Waals surface area contributed by atoms with E-state index in [2.05, 4.69) is 71.6 Å². The Morgan fingerprint density at radius 3 is 2.77 bits per heavy atom. The lowest BCUT2D eigenvalue weighted by atomic mass is 9.90. The van der Waals surface area contributed by atoms with Crippen LogP contribution in [0.3, 0.4) is 0 Å². The Hall–Kier alpha value is -3.59. The number of hydrogen-bond donors (Lipinski definition) is 2. The third kappa shape index (κ3) is 6.75. The summed E-state index contributed by atoms with van der Waals surface area (Å²) in [5.41, 5.74) is 5.78. The number of carbonyl (C=O) groups is 1. The minimum absolute atomic E-state index is 0.00983. The van der Waals surface area contributed by atoms with Crippen molar-refractivity contribution < 1.29 is 4.79 Å². The number of thiazole rings is 1. The van der Waals surface area contributed by atoms with Crippen LogP contribution in [-0.4, -0.2) is 37.2 Å². The Kier molecular flexibility index (Phi) is 8.30. The molecule has 1 aliphatic carbocycles. The molecule has 2 N–H and O–H groups in total. The van der Waals surface area contributed by atoms with Crippen molar-refractivity contribution in [2.24, 2.45) is 13.0 Å². The van der Waals surface area contributed by atoms with Crippen LogP contribution in [0.1, 0.15) is 85.1 Å². The largest absolute Gasteiger partial charge is 0.351 e. The second-order valence-electron chi connectivity index (χ2n) is 11.9. The van der Waals surface area contributed by atoms with Crippen LogP contribution in [0.4, 0.5) is 11.6 Å². The van der Waals surface area contributed by atoms with E-state index in [0.29, 0.717) is 29.2 Å². The van der Waals surface area contributed by atoms with Gasteiger partial charge in [0.05, 0.1) is 28.8 Å². The molecular weight excluding hydrogens is 518 g/mol. The second kappa shape index (κ2) is 11.9. The molecule has 4 aromatic rings. The number of aromatic nitrogens is 5. The topological polar surface area (TPSA) is 97.6 Å². The van der Waals surface area contributed by atoms with Crippen molar-refractivity contribution in [3.05, 3.63) is 70.1 Å². The molecule has 1 aliphatic rings. The number of rotatable bonds is 10. The van der Waals surface area contributed by atoms with Gasteiger partial charge in [-0.05, 0) is 60.8 Å². The molecule has 0 bridgehead atoms. The predicted octanol–water partition coefficient (Wildman–Crippen LogP) is 6.64. The van der Waals surface area contributed by atoms with Crippen LogP contribution in [0.5, 0.6) is 0 Å². The van der Waals surface area contributed by atoms with Crippen molar-refractivity contribution in [1.82, 2.24) is 30.0 Å². The van der Waals surface area contributed by atoms with Crippen molar-refractivity contribution in [3.63, 3.8) is 0 Å². The molecule has 1 aromatic carbocycles. The highest BCUT2D eigenvalue weighted by Crippen LogP contribution is 2.39. The third-order valence-electron chi connectivity index (χ3n) is 7.56. The Morgan fingerprint density at radius 2 is 2.02 bits per heavy atom. The van der Waals surface area contributed by atoms with Gasteiger partial charge in [-0.1, -0.05) is 46.2 Å². The maximum absolute atomic E-state index is 12.5. The number of amides is 1. The van der Waals surface area contributed by atoms with Crippen molar-refractivity contribution >= 4 is 28.9 Å². The van der Waals surface area contributed by atoms with Crippen LogP contribution in [-0.2, 0) is 18.9 Å². The quantitative estimate of drug-likeness (QED) is 0.227. The molecule has 9 heteroatoms. The smallest absolute Gasteiger partial charge is 0.263 e. The third-order valence-corrected chi connectivity index (χ3v) is 8.98. The van der Waals surface area contributed by atoms with Gasteiger partial charge in [0.2, 0.25) is 5.95 Å². The average Bonchev–Trinajstić information content (AvgIpc) is 3.67. The summed E-state index contributed by atoms with van der Waals surface area (Å²) < 4.78 is 1.74. The fourth-order valence-electron chi connectivity index (χ4n) is 5.23. The van der Waals surface area contributed by atoms with E-state index in [-0.39, 0.29) is 11.3 Å². The van der Waals surface area contributed by atoms with E-state index in [4.69, 9.17) is 4.98 Å². The molecule has 5 rings (SSSR count). The van der Waals surface area contributed by atoms with Gasteiger partial charge in [-0.15, -0.1) is 11.3 Å². The first-order chi connectivity index (χ1) is 19.2. The van der Waals surface area contributed by atoms with E-state index in [9.17, 15) is 4.79 Å². The molecule has 8 nitrogen and oxygen atoms in total. The highest BCUT2D eigenvalue weighted by molar-refractivity contribution is 7.13. The van der Waals surface area contributed by atoms with E-state index in [1.165, 1.54) is 35.3 Å². The Balaban J connectivity index is 1.11. The predicted molar refractivity (Wildman–Crippen MR) is 161 cm³/mol. The van der Waals surface area contributed by atoms with E-state index < -0.39 is 0 Å². The molecule has 2 atom stereocenters. The summed E-state index contributed by atoms with van der Waals surface area (Å²) in [5.74, 6) is 1.71. The van der Waals surface area contributed by atoms with Gasteiger partial charge in [0.25, 0.3) is 5.91 Å². The number of nitrogens with one attached hydrogen (secondary N) is 2. The molecule has 0 saturated heterocycles. The molecule has 1 amide bonds. The van der Waals surface area contributed by atoms with Gasteiger partial charge in [0.15, 0.2) is 0 Å². The number of aryl methyl sites for hydroxylation is 2. The summed E-state index contributed by atoms with van der Waals surface area (Å²) in [5, 5.41) is 11.5. The van der Waals surface area contributed by atoms with Gasteiger partial charge in [-0.2, -0.15) is 5.10 Å². The van der Waals surface area contributed by atoms with Gasteiger partial charge in [-0.25, -0.2) is 15.0 Å². The van der Waals surface area contributed by atoms with Crippen molar-refractivity contribution in [2.75, 3.05) is 11.9 Å². The lowest BCUT2D eigenvalue weighted by Gasteiger charge is -2.16. The summed E-state index contributed by atoms with van der Waals surface area (Å²) in [6.07, 6.45) is 12.8. The molecule has 40 heavy (non-hydrogen) atoms. The van der Waals surface area contributed by atoms with E-state index >= 15 is 0 Å². The van der Waals surface area contributed by atoms with E-state index in [1.807, 2.05) is 19.3 Å². The molecule has 0 aliphatic heterocycles. The molecule has 210 valence electrons. The summed E-state index contributed by atoms with van der Waals surface area (Å²) in [4.78, 5) is 26.8. The lowest BCUT2D eigenvalue weighted by molar-refractivity contribution is 0.0955. The zero-order valence-electron chi connectivity index (χ0n) is 24.1. The number of benzene rings is 1. The van der Waals surface area contributed by atoms with Crippen LogP contribution in [0.2, 0.25) is 0 Å². The van der Waals surface area contributed by atoms with Gasteiger partial charge in [0.1, 0.15) is 4.88 Å². The Morgan fingerprint density at radius 1 is 1.18 bits per heavy atom. The second-order valence-corrected chi connectivity index (χ2v) is 13.0. The number of hydrogen-bond acceptors (Lipinski definition) is 7. The molecular formula is C31H39N7OS. The minimum Gasteiger partial charge on any atom is -0.351 e. The molecule has 0 radical (unpaired) electrons. The highest BCUT2D eigenvalue weighted by atomic mass is 32.1. The van der Waals surface area contributed by atoms with Gasteiger partial charge in [0, 0.05) is 37.0 Å². The minimum atomic E-state index is -0.0321. The zero-order valence-corrected chi connectivity index (χ0v) is 24.9.